The molecule has 0 spiro atoms. The molecule has 0 saturated carbocycles. The highest BCUT2D eigenvalue weighted by Gasteiger charge is 2.12. The molecule has 0 aliphatic rings. The lowest BCUT2D eigenvalue weighted by atomic mass is 9.89. The maximum Gasteiger partial charge on any atom is 0.0897 e. The summed E-state index contributed by atoms with van der Waals surface area (Å²) in [5.74, 6) is 1.39. The van der Waals surface area contributed by atoms with Crippen molar-refractivity contribution >= 4 is 11.3 Å². The van der Waals surface area contributed by atoms with E-state index in [0.29, 0.717) is 11.8 Å². The summed E-state index contributed by atoms with van der Waals surface area (Å²) in [6, 6.07) is 0. The Morgan fingerprint density at radius 3 is 2.71 bits per heavy atom. The van der Waals surface area contributed by atoms with E-state index in [1.807, 2.05) is 6.08 Å². The molecule has 1 nitrogen and oxygen atoms in total. The minimum Gasteiger partial charge on any atom is -0.247 e. The van der Waals surface area contributed by atoms with Crippen molar-refractivity contribution in [2.45, 2.75) is 33.6 Å². The second kappa shape index (κ2) is 5.30. The molecule has 78 valence electrons. The molecule has 0 N–H and O–H groups in total. The zero-order valence-corrected chi connectivity index (χ0v) is 10.1. The lowest BCUT2D eigenvalue weighted by Gasteiger charge is -2.16. The highest BCUT2D eigenvalue weighted by Crippen LogP contribution is 2.21. The monoisotopic (exact) mass is 209 g/mol. The van der Waals surface area contributed by atoms with Crippen LogP contribution in [-0.2, 0) is 6.42 Å². The number of aromatic nitrogens is 1. The Bertz CT molecular complexity index is 290. The third-order valence-electron chi connectivity index (χ3n) is 2.71. The maximum absolute atomic E-state index is 4.49. The molecule has 1 heterocycles. The quantitative estimate of drug-likeness (QED) is 0.671. The van der Waals surface area contributed by atoms with Gasteiger partial charge in [-0.15, -0.1) is 17.9 Å². The molecular formula is C12H19NS. The van der Waals surface area contributed by atoms with Crippen LogP contribution >= 0.6 is 11.3 Å². The molecule has 2 atom stereocenters. The van der Waals surface area contributed by atoms with Crippen molar-refractivity contribution < 1.29 is 0 Å². The van der Waals surface area contributed by atoms with Crippen molar-refractivity contribution in [3.8, 4) is 0 Å². The molecular weight excluding hydrogens is 190 g/mol. The van der Waals surface area contributed by atoms with Gasteiger partial charge in [0.15, 0.2) is 0 Å². The summed E-state index contributed by atoms with van der Waals surface area (Å²) in [4.78, 5) is 4.49. The first-order valence-electron chi connectivity index (χ1n) is 5.15. The van der Waals surface area contributed by atoms with Gasteiger partial charge < -0.3 is 0 Å². The van der Waals surface area contributed by atoms with Crippen LogP contribution in [0.3, 0.4) is 0 Å². The summed E-state index contributed by atoms with van der Waals surface area (Å²) in [5, 5.41) is 3.34. The topological polar surface area (TPSA) is 12.9 Å². The Kier molecular flexibility index (Phi) is 4.33. The van der Waals surface area contributed by atoms with Gasteiger partial charge in [-0.1, -0.05) is 19.9 Å². The van der Waals surface area contributed by atoms with Crippen LogP contribution in [0, 0.1) is 18.8 Å². The van der Waals surface area contributed by atoms with Crippen LogP contribution in [0.25, 0.3) is 0 Å². The summed E-state index contributed by atoms with van der Waals surface area (Å²) in [6.45, 7) is 10.4. The number of hydrogen-bond donors (Lipinski definition) is 0. The van der Waals surface area contributed by atoms with E-state index in [1.165, 1.54) is 10.7 Å². The molecule has 0 aliphatic carbocycles. The average molecular weight is 209 g/mol. The first-order valence-corrected chi connectivity index (χ1v) is 6.03. The van der Waals surface area contributed by atoms with Crippen LogP contribution in [0.15, 0.2) is 18.0 Å². The molecule has 14 heavy (non-hydrogen) atoms. The third-order valence-corrected chi connectivity index (χ3v) is 3.53. The number of allylic oxidation sites excluding steroid dienone is 1. The molecule has 2 heteroatoms. The van der Waals surface area contributed by atoms with Gasteiger partial charge in [-0.25, -0.2) is 4.98 Å². The van der Waals surface area contributed by atoms with Crippen LogP contribution in [-0.4, -0.2) is 4.98 Å². The predicted octanol–water partition coefficient (Wildman–Crippen LogP) is 3.84. The van der Waals surface area contributed by atoms with Gasteiger partial charge >= 0.3 is 0 Å². The van der Waals surface area contributed by atoms with Crippen LogP contribution < -0.4 is 0 Å². The van der Waals surface area contributed by atoms with E-state index in [4.69, 9.17) is 0 Å². The van der Waals surface area contributed by atoms with E-state index in [2.05, 4.69) is 37.7 Å². The third kappa shape index (κ3) is 3.26. The van der Waals surface area contributed by atoms with Crippen molar-refractivity contribution in [3.63, 3.8) is 0 Å². The molecule has 1 rings (SSSR count). The fourth-order valence-electron chi connectivity index (χ4n) is 1.53. The van der Waals surface area contributed by atoms with Gasteiger partial charge in [0.05, 0.1) is 10.7 Å². The average Bonchev–Trinajstić information content (AvgIpc) is 2.51. The smallest absolute Gasteiger partial charge is 0.0897 e. The Balaban J connectivity index is 2.47. The maximum atomic E-state index is 4.49. The van der Waals surface area contributed by atoms with Crippen LogP contribution in [0.1, 0.15) is 31.0 Å². The number of thiazole rings is 1. The Morgan fingerprint density at radius 1 is 1.50 bits per heavy atom. The highest BCUT2D eigenvalue weighted by molar-refractivity contribution is 7.09. The molecule has 0 aromatic carbocycles. The lowest BCUT2D eigenvalue weighted by Crippen LogP contribution is -2.10. The zero-order chi connectivity index (χ0) is 10.6. The largest absolute Gasteiger partial charge is 0.247 e. The van der Waals surface area contributed by atoms with Gasteiger partial charge in [0.2, 0.25) is 0 Å². The highest BCUT2D eigenvalue weighted by atomic mass is 32.1. The van der Waals surface area contributed by atoms with E-state index >= 15 is 0 Å². The van der Waals surface area contributed by atoms with Crippen LogP contribution in [0.4, 0.5) is 0 Å². The first kappa shape index (κ1) is 11.4. The SMILES string of the molecule is C=CCC(C)C(C)Cc1csc(C)n1. The number of rotatable bonds is 5. The van der Waals surface area contributed by atoms with Crippen molar-refractivity contribution in [1.29, 1.82) is 0 Å². The van der Waals surface area contributed by atoms with Gasteiger partial charge in [-0.3, -0.25) is 0 Å². The van der Waals surface area contributed by atoms with Crippen LogP contribution in [0.2, 0.25) is 0 Å². The molecule has 1 aromatic heterocycles. The molecule has 0 amide bonds. The predicted molar refractivity (Wildman–Crippen MR) is 63.7 cm³/mol. The van der Waals surface area contributed by atoms with Gasteiger partial charge in [-0.05, 0) is 31.6 Å². The molecule has 0 bridgehead atoms. The van der Waals surface area contributed by atoms with Gasteiger partial charge in [0, 0.05) is 5.38 Å². The Morgan fingerprint density at radius 2 is 2.21 bits per heavy atom. The fraction of sp³-hybridized carbons (Fsp3) is 0.583. The molecule has 1 aromatic rings. The van der Waals surface area contributed by atoms with E-state index in [-0.39, 0.29) is 0 Å². The van der Waals surface area contributed by atoms with Crippen molar-refractivity contribution in [2.75, 3.05) is 0 Å². The van der Waals surface area contributed by atoms with Crippen molar-refractivity contribution in [3.05, 3.63) is 28.7 Å². The summed E-state index contributed by atoms with van der Waals surface area (Å²) in [5.41, 5.74) is 1.25. The second-order valence-electron chi connectivity index (χ2n) is 4.04. The van der Waals surface area contributed by atoms with E-state index < -0.39 is 0 Å². The normalized spacial score (nSPS) is 15.1. The summed E-state index contributed by atoms with van der Waals surface area (Å²) in [6.07, 6.45) is 4.21. The number of aryl methyl sites for hydroxylation is 1. The van der Waals surface area contributed by atoms with E-state index in [1.54, 1.807) is 11.3 Å². The summed E-state index contributed by atoms with van der Waals surface area (Å²) >= 11 is 1.74. The Hall–Kier alpha value is -0.630. The van der Waals surface area contributed by atoms with E-state index in [9.17, 15) is 0 Å². The lowest BCUT2D eigenvalue weighted by molar-refractivity contribution is 0.387. The fourth-order valence-corrected chi connectivity index (χ4v) is 2.15. The van der Waals surface area contributed by atoms with Gasteiger partial charge in [0.1, 0.15) is 0 Å². The molecule has 0 aliphatic heterocycles. The van der Waals surface area contributed by atoms with Gasteiger partial charge in [0.25, 0.3) is 0 Å². The summed E-state index contributed by atoms with van der Waals surface area (Å²) in [7, 11) is 0. The number of hydrogen-bond acceptors (Lipinski definition) is 2. The van der Waals surface area contributed by atoms with Crippen LogP contribution in [0.5, 0.6) is 0 Å². The second-order valence-corrected chi connectivity index (χ2v) is 5.10. The molecule has 0 fully saturated rings. The zero-order valence-electron chi connectivity index (χ0n) is 9.29. The number of nitrogens with zero attached hydrogens (tertiary/aromatic N) is 1. The minimum absolute atomic E-state index is 0.689. The van der Waals surface area contributed by atoms with Crippen molar-refractivity contribution in [2.24, 2.45) is 11.8 Å². The first-order chi connectivity index (χ1) is 6.63. The Labute approximate surface area is 90.9 Å². The molecule has 0 saturated heterocycles. The standard InChI is InChI=1S/C12H19NS/c1-5-6-9(2)10(3)7-12-8-14-11(4)13-12/h5,8-10H,1,6-7H2,2-4H3. The molecule has 0 radical (unpaired) electrons. The van der Waals surface area contributed by atoms with E-state index in [0.717, 1.165) is 12.8 Å². The molecule has 2 unspecified atom stereocenters. The van der Waals surface area contributed by atoms with Gasteiger partial charge in [-0.2, -0.15) is 0 Å². The minimum atomic E-state index is 0.689. The van der Waals surface area contributed by atoms with Crippen molar-refractivity contribution in [1.82, 2.24) is 4.98 Å². The summed E-state index contributed by atoms with van der Waals surface area (Å²) < 4.78 is 0.